The van der Waals surface area contributed by atoms with E-state index in [1.165, 1.54) is 12.5 Å². The van der Waals surface area contributed by atoms with Gasteiger partial charge in [0.1, 0.15) is 0 Å². The van der Waals surface area contributed by atoms with Gasteiger partial charge in [-0.05, 0) is 6.20 Å². The van der Waals surface area contributed by atoms with Crippen LogP contribution in [0.1, 0.15) is 0 Å². The number of aromatic nitrogens is 4. The van der Waals surface area contributed by atoms with E-state index in [0.29, 0.717) is 0 Å². The van der Waals surface area contributed by atoms with Crippen molar-refractivity contribution in [2.45, 2.75) is 0 Å². The van der Waals surface area contributed by atoms with Crippen LogP contribution in [0.5, 0.6) is 0 Å². The van der Waals surface area contributed by atoms with Crippen LogP contribution in [0.25, 0.3) is 10.6 Å². The summed E-state index contributed by atoms with van der Waals surface area (Å²) in [5, 5.41) is 3.61. The second kappa shape index (κ2) is 4.93. The van der Waals surface area contributed by atoms with Crippen LogP contribution in [0.3, 0.4) is 0 Å². The molecule has 2 aromatic heterocycles. The first-order valence-electron chi connectivity index (χ1n) is 3.17. The van der Waals surface area contributed by atoms with Crippen molar-refractivity contribution in [3.8, 4) is 0 Å². The zero-order valence-electron chi connectivity index (χ0n) is 6.48. The number of fused-ring (bicyclic) bond motifs is 1. The number of rotatable bonds is 0. The van der Waals surface area contributed by atoms with Crippen molar-refractivity contribution in [2.24, 2.45) is 0 Å². The molecule has 0 saturated heterocycles. The Bertz CT molecular complexity index is 527. The Balaban J connectivity index is 0.000000461. The fourth-order valence-corrected chi connectivity index (χ4v) is 0.826. The Labute approximate surface area is 94.5 Å². The van der Waals surface area contributed by atoms with Gasteiger partial charge in [0.15, 0.2) is 0 Å². The molecule has 0 aliphatic rings. The van der Waals surface area contributed by atoms with Gasteiger partial charge in [-0.25, -0.2) is 9.94 Å². The summed E-state index contributed by atoms with van der Waals surface area (Å²) in [4.78, 5) is 21.7. The summed E-state index contributed by atoms with van der Waals surface area (Å²) >= 11 is 1.75. The van der Waals surface area contributed by atoms with Crippen LogP contribution in [0.2, 0.25) is 0 Å². The standard InChI is InChI=1S/C6H3N5O.Au.ClH/c1-7-4-2-8-6-9-3-10-11(6)5(4)12;;/h2-3H,(H,8,9,10,12);;1H/q;+1;/p-2. The van der Waals surface area contributed by atoms with Gasteiger partial charge in [-0.15, -0.1) is 0 Å². The van der Waals surface area contributed by atoms with Gasteiger partial charge in [0.05, 0.1) is 12.9 Å². The molecule has 2 heterocycles. The number of hydrogen-bond acceptors (Lipinski definition) is 3. The molecule has 8 heteroatoms. The average Bonchev–Trinajstić information content (AvgIpc) is 2.70. The molecule has 0 saturated carbocycles. The summed E-state index contributed by atoms with van der Waals surface area (Å²) in [6, 6.07) is 0. The fraction of sp³-hybridized carbons (Fsp3) is 0. The molecule has 6 nitrogen and oxygen atoms in total. The third-order valence-corrected chi connectivity index (χ3v) is 1.36. The molecule has 14 heavy (non-hydrogen) atoms. The minimum atomic E-state index is -0.479. The van der Waals surface area contributed by atoms with Crippen LogP contribution >= 0.6 is 9.19 Å². The van der Waals surface area contributed by atoms with Crippen molar-refractivity contribution >= 4 is 20.7 Å². The van der Waals surface area contributed by atoms with Crippen LogP contribution in [0.4, 0.5) is 5.69 Å². The Morgan fingerprint density at radius 3 is 3.00 bits per heavy atom. The molecule has 76 valence electrons. The van der Waals surface area contributed by atoms with Crippen molar-refractivity contribution in [1.29, 1.82) is 0 Å². The quantitative estimate of drug-likeness (QED) is 0.477. The van der Waals surface area contributed by atoms with Crippen LogP contribution in [-0.4, -0.2) is 14.6 Å². The summed E-state index contributed by atoms with van der Waals surface area (Å²) in [6.45, 7) is 6.64. The Kier molecular flexibility index (Phi) is 3.85. The molecule has 0 radical (unpaired) electrons. The van der Waals surface area contributed by atoms with Gasteiger partial charge in [-0.1, -0.05) is 0 Å². The van der Waals surface area contributed by atoms with Gasteiger partial charge in [-0.3, -0.25) is 9.31 Å². The van der Waals surface area contributed by atoms with Gasteiger partial charge in [0.25, 0.3) is 0 Å². The third-order valence-electron chi connectivity index (χ3n) is 1.36. The predicted molar refractivity (Wildman–Crippen MR) is 44.7 cm³/mol. The zero-order chi connectivity index (χ0) is 10.6. The van der Waals surface area contributed by atoms with E-state index in [2.05, 4.69) is 29.1 Å². The summed E-state index contributed by atoms with van der Waals surface area (Å²) in [5.41, 5.74) is -0.527. The van der Waals surface area contributed by atoms with Gasteiger partial charge in [-0.2, -0.15) is 0 Å². The molecule has 0 aliphatic carbocycles. The second-order valence-electron chi connectivity index (χ2n) is 2.03. The van der Waals surface area contributed by atoms with Gasteiger partial charge >= 0.3 is 29.2 Å². The molecule has 0 unspecified atom stereocenters. The monoisotopic (exact) mass is 392 g/mol. The van der Waals surface area contributed by atoms with Crippen molar-refractivity contribution in [1.82, 2.24) is 19.6 Å². The first-order chi connectivity index (χ1) is 6.83. The second-order valence-corrected chi connectivity index (χ2v) is 2.03. The molecular formula is C6H2AuClN5O-. The molecule has 0 N–H and O–H groups in total. The first kappa shape index (κ1) is 10.9. The maximum atomic E-state index is 11.2. The summed E-state index contributed by atoms with van der Waals surface area (Å²) in [5.74, 6) is 0.215. The maximum absolute atomic E-state index is 11.2. The van der Waals surface area contributed by atoms with Gasteiger partial charge < -0.3 is 9.97 Å². The van der Waals surface area contributed by atoms with Crippen LogP contribution < -0.4 is 10.5 Å². The first-order valence-corrected chi connectivity index (χ1v) is 5.86. The van der Waals surface area contributed by atoms with Gasteiger partial charge in [0, 0.05) is 5.78 Å². The summed E-state index contributed by atoms with van der Waals surface area (Å²) in [6.07, 6.45) is 2.41. The molecular weight excluding hydrogens is 391 g/mol. The average molecular weight is 393 g/mol. The number of hydrogen-bond donors (Lipinski definition) is 0. The van der Waals surface area contributed by atoms with Crippen molar-refractivity contribution in [3.63, 3.8) is 0 Å². The predicted octanol–water partition coefficient (Wildman–Crippen LogP) is 0.284. The van der Waals surface area contributed by atoms with Crippen molar-refractivity contribution < 1.29 is 20.0 Å². The third kappa shape index (κ3) is 1.86. The SMILES string of the molecule is [C-]#[N+]c1c[n-]c2ncnn2c1=O.[Cl][Au]. The van der Waals surface area contributed by atoms with E-state index in [1.807, 2.05) is 0 Å². The fourth-order valence-electron chi connectivity index (χ4n) is 0.826. The minimum absolute atomic E-state index is 0.0481. The van der Waals surface area contributed by atoms with E-state index >= 15 is 0 Å². The van der Waals surface area contributed by atoms with E-state index < -0.39 is 5.56 Å². The van der Waals surface area contributed by atoms with E-state index in [-0.39, 0.29) is 11.5 Å². The zero-order valence-corrected chi connectivity index (χ0v) is 9.40. The van der Waals surface area contributed by atoms with E-state index in [4.69, 9.17) is 6.57 Å². The molecule has 0 aromatic carbocycles. The number of nitrogens with zero attached hydrogens (tertiary/aromatic N) is 5. The van der Waals surface area contributed by atoms with E-state index in [9.17, 15) is 4.79 Å². The Morgan fingerprint density at radius 1 is 1.64 bits per heavy atom. The Morgan fingerprint density at radius 2 is 2.36 bits per heavy atom. The molecule has 0 spiro atoms. The molecule has 0 fully saturated rings. The van der Waals surface area contributed by atoms with Gasteiger partial charge in [0.2, 0.25) is 11.2 Å². The molecule has 0 atom stereocenters. The normalized spacial score (nSPS) is 9.00. The molecule has 2 aromatic rings. The van der Waals surface area contributed by atoms with E-state index in [1.54, 1.807) is 20.0 Å². The molecule has 2 rings (SSSR count). The van der Waals surface area contributed by atoms with Crippen molar-refractivity contribution in [3.05, 3.63) is 34.3 Å². The molecule has 0 aliphatic heterocycles. The summed E-state index contributed by atoms with van der Waals surface area (Å²) in [7, 11) is 4.58. The summed E-state index contributed by atoms with van der Waals surface area (Å²) < 4.78 is 0.993. The van der Waals surface area contributed by atoms with Crippen LogP contribution in [-0.2, 0) is 20.0 Å². The Hall–Kier alpha value is -1.13. The number of halogens is 1. The van der Waals surface area contributed by atoms with Crippen LogP contribution in [0, 0.1) is 6.57 Å². The van der Waals surface area contributed by atoms with Crippen molar-refractivity contribution in [2.75, 3.05) is 0 Å². The molecule has 0 bridgehead atoms. The molecule has 0 amide bonds. The topological polar surface area (TPSA) is 65.7 Å². The van der Waals surface area contributed by atoms with E-state index in [0.717, 1.165) is 4.52 Å². The van der Waals surface area contributed by atoms with Crippen LogP contribution in [0.15, 0.2) is 17.3 Å².